The average molecular weight is 210 g/mol. The summed E-state index contributed by atoms with van der Waals surface area (Å²) in [6, 6.07) is 7.75. The predicted octanol–water partition coefficient (Wildman–Crippen LogP) is 1.64. The molecule has 0 bridgehead atoms. The molecule has 0 aromatic heterocycles. The van der Waals surface area contributed by atoms with Gasteiger partial charge in [-0.3, -0.25) is 0 Å². The van der Waals surface area contributed by atoms with E-state index in [9.17, 15) is 0 Å². The van der Waals surface area contributed by atoms with Crippen LogP contribution >= 0.6 is 0 Å². The van der Waals surface area contributed by atoms with E-state index in [2.05, 4.69) is 0 Å². The minimum atomic E-state index is 0.0543. The smallest absolute Gasteiger partial charge is 0.119 e. The van der Waals surface area contributed by atoms with E-state index in [-0.39, 0.29) is 12.7 Å². The Balaban J connectivity index is 2.48. The molecule has 0 fully saturated rings. The lowest BCUT2D eigenvalue weighted by molar-refractivity contribution is 0.0921. The van der Waals surface area contributed by atoms with Gasteiger partial charge in [-0.05, 0) is 31.0 Å². The fourth-order valence-corrected chi connectivity index (χ4v) is 1.36. The van der Waals surface area contributed by atoms with Crippen molar-refractivity contribution in [2.75, 3.05) is 20.3 Å². The molecule has 3 nitrogen and oxygen atoms in total. The quantitative estimate of drug-likeness (QED) is 0.775. The maximum atomic E-state index is 8.76. The molecule has 0 saturated heterocycles. The molecule has 15 heavy (non-hydrogen) atoms. The highest BCUT2D eigenvalue weighted by Crippen LogP contribution is 2.14. The molecule has 1 rings (SSSR count). The lowest BCUT2D eigenvalue weighted by Crippen LogP contribution is -2.17. The van der Waals surface area contributed by atoms with E-state index in [0.29, 0.717) is 13.0 Å². The lowest BCUT2D eigenvalue weighted by atomic mass is 10.1. The Hall–Kier alpha value is -1.06. The molecule has 0 spiro atoms. The molecule has 0 heterocycles. The number of hydrogen-bond donors (Lipinski definition) is 1. The van der Waals surface area contributed by atoms with E-state index in [1.807, 2.05) is 31.2 Å². The van der Waals surface area contributed by atoms with Crippen molar-refractivity contribution >= 4 is 0 Å². The van der Waals surface area contributed by atoms with Gasteiger partial charge in [-0.2, -0.15) is 0 Å². The molecule has 0 amide bonds. The molecular formula is C12H18O3. The zero-order valence-electron chi connectivity index (χ0n) is 9.27. The topological polar surface area (TPSA) is 38.7 Å². The molecule has 1 N–H and O–H groups in total. The van der Waals surface area contributed by atoms with Crippen LogP contribution in [0.3, 0.4) is 0 Å². The van der Waals surface area contributed by atoms with Crippen LogP contribution in [0.2, 0.25) is 0 Å². The van der Waals surface area contributed by atoms with Crippen molar-refractivity contribution < 1.29 is 14.6 Å². The number of methoxy groups -OCH3 is 1. The molecule has 1 unspecified atom stereocenters. The summed E-state index contributed by atoms with van der Waals surface area (Å²) in [7, 11) is 1.66. The predicted molar refractivity (Wildman–Crippen MR) is 59.2 cm³/mol. The minimum absolute atomic E-state index is 0.0543. The summed E-state index contributed by atoms with van der Waals surface area (Å²) in [6.07, 6.45) is 0.743. The van der Waals surface area contributed by atoms with Crippen molar-refractivity contribution in [3.05, 3.63) is 29.8 Å². The van der Waals surface area contributed by atoms with Gasteiger partial charge in [0.25, 0.3) is 0 Å². The van der Waals surface area contributed by atoms with Crippen molar-refractivity contribution in [1.29, 1.82) is 0 Å². The third-order valence-corrected chi connectivity index (χ3v) is 2.06. The molecule has 0 aliphatic carbocycles. The fraction of sp³-hybridized carbons (Fsp3) is 0.500. The van der Waals surface area contributed by atoms with Gasteiger partial charge in [0.1, 0.15) is 11.9 Å². The van der Waals surface area contributed by atoms with Crippen LogP contribution in [0.25, 0.3) is 0 Å². The minimum Gasteiger partial charge on any atom is -0.488 e. The van der Waals surface area contributed by atoms with Crippen LogP contribution in [0, 0.1) is 0 Å². The Morgan fingerprint density at radius 2 is 1.93 bits per heavy atom. The Labute approximate surface area is 90.6 Å². The normalized spacial score (nSPS) is 12.5. The first-order chi connectivity index (χ1) is 7.26. The van der Waals surface area contributed by atoms with Crippen LogP contribution in [0.4, 0.5) is 0 Å². The summed E-state index contributed by atoms with van der Waals surface area (Å²) >= 11 is 0. The van der Waals surface area contributed by atoms with Gasteiger partial charge in [-0.1, -0.05) is 12.1 Å². The largest absolute Gasteiger partial charge is 0.488 e. The van der Waals surface area contributed by atoms with E-state index < -0.39 is 0 Å². The van der Waals surface area contributed by atoms with Crippen LogP contribution in [-0.2, 0) is 11.2 Å². The van der Waals surface area contributed by atoms with Crippen LogP contribution in [0.1, 0.15) is 12.5 Å². The molecule has 3 heteroatoms. The van der Waals surface area contributed by atoms with Gasteiger partial charge in [0.2, 0.25) is 0 Å². The molecule has 0 saturated carbocycles. The first-order valence-electron chi connectivity index (χ1n) is 5.11. The van der Waals surface area contributed by atoms with Gasteiger partial charge < -0.3 is 14.6 Å². The van der Waals surface area contributed by atoms with Gasteiger partial charge in [0.15, 0.2) is 0 Å². The van der Waals surface area contributed by atoms with Crippen LogP contribution in [0.5, 0.6) is 5.75 Å². The van der Waals surface area contributed by atoms with E-state index in [1.54, 1.807) is 7.11 Å². The lowest BCUT2D eigenvalue weighted by Gasteiger charge is -2.13. The molecule has 0 radical (unpaired) electrons. The number of ether oxygens (including phenoxy) is 2. The summed E-state index contributed by atoms with van der Waals surface area (Å²) in [6.45, 7) is 2.73. The molecule has 1 aromatic rings. The highest BCUT2D eigenvalue weighted by Gasteiger charge is 2.02. The third-order valence-electron chi connectivity index (χ3n) is 2.06. The Kier molecular flexibility index (Phi) is 5.15. The van der Waals surface area contributed by atoms with Crippen molar-refractivity contribution in [3.8, 4) is 5.75 Å². The maximum Gasteiger partial charge on any atom is 0.119 e. The number of aliphatic hydroxyl groups excluding tert-OH is 1. The Morgan fingerprint density at radius 1 is 1.27 bits per heavy atom. The van der Waals surface area contributed by atoms with E-state index in [0.717, 1.165) is 11.3 Å². The van der Waals surface area contributed by atoms with Crippen molar-refractivity contribution in [3.63, 3.8) is 0 Å². The summed E-state index contributed by atoms with van der Waals surface area (Å²) in [5, 5.41) is 8.76. The molecule has 1 atom stereocenters. The van der Waals surface area contributed by atoms with Gasteiger partial charge >= 0.3 is 0 Å². The standard InChI is InChI=1S/C12H18O3/c1-10(9-14-2)15-12-5-3-11(4-6-12)7-8-13/h3-6,10,13H,7-9H2,1-2H3. The number of benzene rings is 1. The zero-order valence-corrected chi connectivity index (χ0v) is 9.27. The Morgan fingerprint density at radius 3 is 2.47 bits per heavy atom. The second-order valence-corrected chi connectivity index (χ2v) is 3.50. The highest BCUT2D eigenvalue weighted by atomic mass is 16.5. The summed E-state index contributed by atoms with van der Waals surface area (Å²) in [5.41, 5.74) is 1.12. The highest BCUT2D eigenvalue weighted by molar-refractivity contribution is 5.27. The molecular weight excluding hydrogens is 192 g/mol. The van der Waals surface area contributed by atoms with Gasteiger partial charge in [0, 0.05) is 13.7 Å². The first kappa shape index (κ1) is 12.0. The van der Waals surface area contributed by atoms with Gasteiger partial charge in [0.05, 0.1) is 6.61 Å². The maximum absolute atomic E-state index is 8.76. The van der Waals surface area contributed by atoms with Crippen LogP contribution < -0.4 is 4.74 Å². The average Bonchev–Trinajstić information content (AvgIpc) is 2.22. The van der Waals surface area contributed by atoms with Crippen LogP contribution in [0.15, 0.2) is 24.3 Å². The van der Waals surface area contributed by atoms with E-state index in [1.165, 1.54) is 0 Å². The second-order valence-electron chi connectivity index (χ2n) is 3.50. The summed E-state index contributed by atoms with van der Waals surface area (Å²) < 4.78 is 10.6. The van der Waals surface area contributed by atoms with E-state index in [4.69, 9.17) is 14.6 Å². The van der Waals surface area contributed by atoms with Gasteiger partial charge in [-0.25, -0.2) is 0 Å². The number of hydrogen-bond acceptors (Lipinski definition) is 3. The molecule has 84 valence electrons. The fourth-order valence-electron chi connectivity index (χ4n) is 1.36. The van der Waals surface area contributed by atoms with Crippen LogP contribution in [-0.4, -0.2) is 31.5 Å². The van der Waals surface area contributed by atoms with E-state index >= 15 is 0 Å². The molecule has 1 aromatic carbocycles. The van der Waals surface area contributed by atoms with Crippen molar-refractivity contribution in [2.45, 2.75) is 19.4 Å². The molecule has 0 aliphatic rings. The SMILES string of the molecule is COCC(C)Oc1ccc(CCO)cc1. The van der Waals surface area contributed by atoms with Gasteiger partial charge in [-0.15, -0.1) is 0 Å². The number of rotatable bonds is 6. The third kappa shape index (κ3) is 4.32. The zero-order chi connectivity index (χ0) is 11.1. The summed E-state index contributed by atoms with van der Waals surface area (Å²) in [4.78, 5) is 0. The number of aliphatic hydroxyl groups is 1. The Bertz CT molecular complexity index is 269. The van der Waals surface area contributed by atoms with Crippen molar-refractivity contribution in [2.24, 2.45) is 0 Å². The first-order valence-corrected chi connectivity index (χ1v) is 5.11. The molecule has 0 aliphatic heterocycles. The summed E-state index contributed by atoms with van der Waals surface area (Å²) in [5.74, 6) is 0.834. The monoisotopic (exact) mass is 210 g/mol. The van der Waals surface area contributed by atoms with Crippen molar-refractivity contribution in [1.82, 2.24) is 0 Å². The second kappa shape index (κ2) is 6.43.